The van der Waals surface area contributed by atoms with Crippen LogP contribution < -0.4 is 5.32 Å². The Balaban J connectivity index is 2.75. The summed E-state index contributed by atoms with van der Waals surface area (Å²) in [4.78, 5) is 14.6. The van der Waals surface area contributed by atoms with Gasteiger partial charge in [0.25, 0.3) is 0 Å². The fourth-order valence-corrected chi connectivity index (χ4v) is 1.69. The Kier molecular flexibility index (Phi) is 4.72. The summed E-state index contributed by atoms with van der Waals surface area (Å²) in [7, 11) is 0. The molecule has 0 aliphatic heterocycles. The topological polar surface area (TPSA) is 82.5 Å². The summed E-state index contributed by atoms with van der Waals surface area (Å²) < 4.78 is 0. The normalized spacial score (nSPS) is 14.1. The molecule has 2 atom stereocenters. The predicted molar refractivity (Wildman–Crippen MR) is 65.6 cm³/mol. The minimum absolute atomic E-state index is 0.00400. The smallest absolute Gasteiger partial charge is 0.337 e. The summed E-state index contributed by atoms with van der Waals surface area (Å²) in [6.07, 6.45) is 1.37. The van der Waals surface area contributed by atoms with E-state index in [2.05, 4.69) is 10.3 Å². The molecule has 1 rings (SSSR count). The average molecular weight is 259 g/mol. The highest BCUT2D eigenvalue weighted by atomic mass is 35.5. The van der Waals surface area contributed by atoms with Crippen molar-refractivity contribution in [1.29, 1.82) is 0 Å². The van der Waals surface area contributed by atoms with Crippen molar-refractivity contribution in [2.45, 2.75) is 32.4 Å². The van der Waals surface area contributed by atoms with Crippen LogP contribution in [-0.2, 0) is 0 Å². The van der Waals surface area contributed by atoms with Gasteiger partial charge in [-0.1, -0.05) is 11.6 Å². The van der Waals surface area contributed by atoms with E-state index in [1.165, 1.54) is 12.3 Å². The van der Waals surface area contributed by atoms with E-state index in [0.29, 0.717) is 12.2 Å². The SMILES string of the molecule is CC(O)CC(C)Nc1ncc(C(=O)O)cc1Cl. The predicted octanol–water partition coefficient (Wildman–Crippen LogP) is 2.00. The molecule has 0 saturated carbocycles. The summed E-state index contributed by atoms with van der Waals surface area (Å²) in [5.41, 5.74) is 0.0451. The fourth-order valence-electron chi connectivity index (χ4n) is 1.47. The molecule has 5 nitrogen and oxygen atoms in total. The molecule has 0 aromatic carbocycles. The Labute approximate surface area is 104 Å². The van der Waals surface area contributed by atoms with Crippen LogP contribution in [0.15, 0.2) is 12.3 Å². The molecule has 17 heavy (non-hydrogen) atoms. The van der Waals surface area contributed by atoms with Crippen LogP contribution in [0.4, 0.5) is 5.82 Å². The molecule has 1 aromatic heterocycles. The van der Waals surface area contributed by atoms with Crippen LogP contribution in [-0.4, -0.2) is 33.3 Å². The van der Waals surface area contributed by atoms with E-state index >= 15 is 0 Å². The Morgan fingerprint density at radius 2 is 2.24 bits per heavy atom. The second-order valence-corrected chi connectivity index (χ2v) is 4.40. The molecule has 3 N–H and O–H groups in total. The first kappa shape index (κ1) is 13.7. The number of aromatic nitrogens is 1. The summed E-state index contributed by atoms with van der Waals surface area (Å²) in [5, 5.41) is 21.2. The summed E-state index contributed by atoms with van der Waals surface area (Å²) in [6, 6.07) is 1.34. The molecular weight excluding hydrogens is 244 g/mol. The van der Waals surface area contributed by atoms with Gasteiger partial charge in [0.2, 0.25) is 0 Å². The van der Waals surface area contributed by atoms with Gasteiger partial charge < -0.3 is 15.5 Å². The fraction of sp³-hybridized carbons (Fsp3) is 0.455. The van der Waals surface area contributed by atoms with Gasteiger partial charge in [0, 0.05) is 12.2 Å². The number of nitrogens with one attached hydrogen (secondary N) is 1. The maximum Gasteiger partial charge on any atom is 0.337 e. The van der Waals surface area contributed by atoms with Crippen LogP contribution in [0.1, 0.15) is 30.6 Å². The summed E-state index contributed by atoms with van der Waals surface area (Å²) in [6.45, 7) is 3.58. The molecule has 2 unspecified atom stereocenters. The Morgan fingerprint density at radius 1 is 1.59 bits per heavy atom. The Hall–Kier alpha value is -1.33. The second-order valence-electron chi connectivity index (χ2n) is 3.99. The number of aromatic carboxylic acids is 1. The van der Waals surface area contributed by atoms with Gasteiger partial charge in [0.15, 0.2) is 0 Å². The summed E-state index contributed by atoms with van der Waals surface area (Å²) in [5.74, 6) is -0.646. The van der Waals surface area contributed by atoms with E-state index in [9.17, 15) is 9.90 Å². The van der Waals surface area contributed by atoms with Gasteiger partial charge in [0.05, 0.1) is 16.7 Å². The number of anilines is 1. The molecule has 0 radical (unpaired) electrons. The lowest BCUT2D eigenvalue weighted by atomic mass is 10.1. The molecule has 1 aromatic rings. The third kappa shape index (κ3) is 4.20. The van der Waals surface area contributed by atoms with Crippen molar-refractivity contribution < 1.29 is 15.0 Å². The van der Waals surface area contributed by atoms with Crippen molar-refractivity contribution in [3.05, 3.63) is 22.8 Å². The van der Waals surface area contributed by atoms with Crippen molar-refractivity contribution >= 4 is 23.4 Å². The van der Waals surface area contributed by atoms with E-state index in [4.69, 9.17) is 16.7 Å². The van der Waals surface area contributed by atoms with Crippen molar-refractivity contribution in [2.24, 2.45) is 0 Å². The average Bonchev–Trinajstić information content (AvgIpc) is 2.19. The van der Waals surface area contributed by atoms with Gasteiger partial charge in [-0.05, 0) is 26.3 Å². The minimum atomic E-state index is -1.07. The molecule has 0 saturated heterocycles. The van der Waals surface area contributed by atoms with Crippen LogP contribution in [0.3, 0.4) is 0 Å². The van der Waals surface area contributed by atoms with E-state index in [-0.39, 0.29) is 16.6 Å². The number of pyridine rings is 1. The first-order valence-electron chi connectivity index (χ1n) is 5.23. The third-order valence-electron chi connectivity index (χ3n) is 2.17. The quantitative estimate of drug-likeness (QED) is 0.753. The number of carbonyl (C=O) groups is 1. The summed E-state index contributed by atoms with van der Waals surface area (Å²) >= 11 is 5.90. The maximum atomic E-state index is 10.7. The number of aliphatic hydroxyl groups is 1. The highest BCUT2D eigenvalue weighted by molar-refractivity contribution is 6.33. The van der Waals surface area contributed by atoms with Crippen molar-refractivity contribution in [3.8, 4) is 0 Å². The molecule has 0 fully saturated rings. The lowest BCUT2D eigenvalue weighted by Gasteiger charge is -2.16. The maximum absolute atomic E-state index is 10.7. The highest BCUT2D eigenvalue weighted by Gasteiger charge is 2.11. The van der Waals surface area contributed by atoms with Gasteiger partial charge >= 0.3 is 5.97 Å². The van der Waals surface area contributed by atoms with Gasteiger partial charge in [0.1, 0.15) is 5.82 Å². The van der Waals surface area contributed by atoms with Gasteiger partial charge in [-0.3, -0.25) is 0 Å². The zero-order chi connectivity index (χ0) is 13.0. The lowest BCUT2D eigenvalue weighted by molar-refractivity contribution is 0.0696. The van der Waals surface area contributed by atoms with Crippen LogP contribution in [0, 0.1) is 0 Å². The lowest BCUT2D eigenvalue weighted by Crippen LogP contribution is -2.21. The minimum Gasteiger partial charge on any atom is -0.478 e. The molecular formula is C11H15ClN2O3. The van der Waals surface area contributed by atoms with Crippen molar-refractivity contribution in [3.63, 3.8) is 0 Å². The van der Waals surface area contributed by atoms with Crippen LogP contribution in [0.5, 0.6) is 0 Å². The number of rotatable bonds is 5. The standard InChI is InChI=1S/C11H15ClN2O3/c1-6(3-7(2)15)14-10-9(12)4-8(5-13-10)11(16)17/h4-7,15H,3H2,1-2H3,(H,13,14)(H,16,17). The molecule has 0 aliphatic rings. The largest absolute Gasteiger partial charge is 0.478 e. The number of carboxylic acids is 1. The van der Waals surface area contributed by atoms with E-state index in [1.807, 2.05) is 6.92 Å². The van der Waals surface area contributed by atoms with Crippen molar-refractivity contribution in [1.82, 2.24) is 4.98 Å². The van der Waals surface area contributed by atoms with Crippen LogP contribution in [0.2, 0.25) is 5.02 Å². The molecule has 0 amide bonds. The molecule has 0 spiro atoms. The van der Waals surface area contributed by atoms with Crippen LogP contribution in [0.25, 0.3) is 0 Å². The monoisotopic (exact) mass is 258 g/mol. The highest BCUT2D eigenvalue weighted by Crippen LogP contribution is 2.21. The van der Waals surface area contributed by atoms with Crippen LogP contribution >= 0.6 is 11.6 Å². The zero-order valence-corrected chi connectivity index (χ0v) is 10.4. The van der Waals surface area contributed by atoms with E-state index in [1.54, 1.807) is 6.92 Å². The Bertz CT molecular complexity index is 410. The van der Waals surface area contributed by atoms with Gasteiger partial charge in [-0.15, -0.1) is 0 Å². The molecule has 0 bridgehead atoms. The van der Waals surface area contributed by atoms with E-state index < -0.39 is 12.1 Å². The number of aliphatic hydroxyl groups excluding tert-OH is 1. The van der Waals surface area contributed by atoms with Crippen molar-refractivity contribution in [2.75, 3.05) is 5.32 Å². The number of hydrogen-bond donors (Lipinski definition) is 3. The first-order valence-corrected chi connectivity index (χ1v) is 5.61. The van der Waals surface area contributed by atoms with Gasteiger partial charge in [-0.25, -0.2) is 9.78 Å². The molecule has 94 valence electrons. The second kappa shape index (κ2) is 5.84. The number of carboxylic acid groups (broad SMARTS) is 1. The number of halogens is 1. The number of nitrogens with zero attached hydrogens (tertiary/aromatic N) is 1. The van der Waals surface area contributed by atoms with E-state index in [0.717, 1.165) is 0 Å². The molecule has 1 heterocycles. The number of hydrogen-bond acceptors (Lipinski definition) is 4. The zero-order valence-electron chi connectivity index (χ0n) is 9.64. The molecule has 0 aliphatic carbocycles. The van der Waals surface area contributed by atoms with Gasteiger partial charge in [-0.2, -0.15) is 0 Å². The Morgan fingerprint density at radius 3 is 2.71 bits per heavy atom. The molecule has 6 heteroatoms. The third-order valence-corrected chi connectivity index (χ3v) is 2.45. The first-order chi connectivity index (χ1) is 7.90.